The van der Waals surface area contributed by atoms with Crippen LogP contribution in [0.2, 0.25) is 5.02 Å². The summed E-state index contributed by atoms with van der Waals surface area (Å²) in [6, 6.07) is 7.34. The summed E-state index contributed by atoms with van der Waals surface area (Å²) in [6.07, 6.45) is 2.10. The molecule has 158 valence electrons. The number of carbonyl (C=O) groups excluding carboxylic acids is 1. The Bertz CT molecular complexity index is 837. The number of piperidine rings is 1. The highest BCUT2D eigenvalue weighted by Gasteiger charge is 2.26. The number of ether oxygens (including phenoxy) is 1. The fourth-order valence-corrected chi connectivity index (χ4v) is 3.40. The molecular weight excluding hydrogens is 509 g/mol. The van der Waals surface area contributed by atoms with E-state index < -0.39 is 0 Å². The molecule has 2 heterocycles. The minimum Gasteiger partial charge on any atom is -0.469 e. The zero-order valence-electron chi connectivity index (χ0n) is 16.4. The number of nitrogens with one attached hydrogen (secondary N) is 1. The number of guanidine groups is 1. The van der Waals surface area contributed by atoms with E-state index in [-0.39, 0.29) is 35.9 Å². The van der Waals surface area contributed by atoms with Gasteiger partial charge in [-0.05, 0) is 25.0 Å². The van der Waals surface area contributed by atoms with Gasteiger partial charge in [0.05, 0.1) is 13.0 Å². The molecule has 0 radical (unpaired) electrons. The Kier molecular flexibility index (Phi) is 9.15. The number of methoxy groups -OCH3 is 1. The topological polar surface area (TPSA) is 92.9 Å². The maximum atomic E-state index is 11.6. The van der Waals surface area contributed by atoms with E-state index >= 15 is 0 Å². The summed E-state index contributed by atoms with van der Waals surface area (Å²) < 4.78 is 10.2. The highest BCUT2D eigenvalue weighted by atomic mass is 127. The molecule has 0 spiro atoms. The lowest BCUT2D eigenvalue weighted by Gasteiger charge is -2.33. The van der Waals surface area contributed by atoms with E-state index in [1.54, 1.807) is 19.2 Å². The number of aliphatic imine (C=N–C) groups is 1. The first kappa shape index (κ1) is 23.4. The van der Waals surface area contributed by atoms with Gasteiger partial charge in [0.15, 0.2) is 5.96 Å². The number of esters is 1. The van der Waals surface area contributed by atoms with Crippen molar-refractivity contribution in [2.75, 3.05) is 33.8 Å². The number of carbonyl (C=O) groups is 1. The van der Waals surface area contributed by atoms with E-state index in [1.165, 1.54) is 7.11 Å². The Hall–Kier alpha value is -1.88. The Morgan fingerprint density at radius 1 is 1.41 bits per heavy atom. The molecule has 1 aliphatic rings. The van der Waals surface area contributed by atoms with Crippen molar-refractivity contribution in [2.45, 2.75) is 19.3 Å². The first-order valence-electron chi connectivity index (χ1n) is 9.22. The lowest BCUT2D eigenvalue weighted by atomic mass is 9.97. The van der Waals surface area contributed by atoms with Crippen LogP contribution >= 0.6 is 35.6 Å². The van der Waals surface area contributed by atoms with Gasteiger partial charge in [-0.2, -0.15) is 4.98 Å². The molecule has 0 aliphatic carbocycles. The van der Waals surface area contributed by atoms with Crippen molar-refractivity contribution in [3.8, 4) is 11.4 Å². The van der Waals surface area contributed by atoms with Crippen LogP contribution in [0.5, 0.6) is 0 Å². The van der Waals surface area contributed by atoms with Gasteiger partial charge in [0.25, 0.3) is 0 Å². The second kappa shape index (κ2) is 11.3. The van der Waals surface area contributed by atoms with Crippen molar-refractivity contribution in [1.29, 1.82) is 0 Å². The van der Waals surface area contributed by atoms with Crippen LogP contribution in [0.15, 0.2) is 33.8 Å². The van der Waals surface area contributed by atoms with Crippen LogP contribution in [0.4, 0.5) is 0 Å². The van der Waals surface area contributed by atoms with Crippen molar-refractivity contribution < 1.29 is 14.1 Å². The van der Waals surface area contributed by atoms with E-state index in [4.69, 9.17) is 20.9 Å². The Morgan fingerprint density at radius 3 is 2.83 bits per heavy atom. The third-order valence-corrected chi connectivity index (χ3v) is 4.95. The zero-order chi connectivity index (χ0) is 19.9. The lowest BCUT2D eigenvalue weighted by Crippen LogP contribution is -2.47. The second-order valence-electron chi connectivity index (χ2n) is 6.53. The fraction of sp³-hybridized carbons (Fsp3) is 0.474. The van der Waals surface area contributed by atoms with Crippen molar-refractivity contribution >= 4 is 47.5 Å². The minimum absolute atomic E-state index is 0. The SMILES string of the molecule is CN=C(NCCc1nc(-c2cccc(Cl)c2)no1)N1CCC(C(=O)OC)CC1.I. The molecule has 1 fully saturated rings. The van der Waals surface area contributed by atoms with E-state index in [9.17, 15) is 4.79 Å². The Balaban J connectivity index is 0.00000300. The summed E-state index contributed by atoms with van der Waals surface area (Å²) in [6.45, 7) is 2.14. The van der Waals surface area contributed by atoms with Gasteiger partial charge >= 0.3 is 5.97 Å². The van der Waals surface area contributed by atoms with Crippen LogP contribution in [0.25, 0.3) is 11.4 Å². The van der Waals surface area contributed by atoms with Crippen LogP contribution in [-0.2, 0) is 16.0 Å². The molecule has 0 saturated carbocycles. The second-order valence-corrected chi connectivity index (χ2v) is 6.97. The summed E-state index contributed by atoms with van der Waals surface area (Å²) in [5, 5.41) is 7.96. The summed E-state index contributed by atoms with van der Waals surface area (Å²) in [5.41, 5.74) is 0.819. The van der Waals surface area contributed by atoms with Gasteiger partial charge in [-0.25, -0.2) is 0 Å². The minimum atomic E-state index is -0.130. The number of benzene rings is 1. The fourth-order valence-electron chi connectivity index (χ4n) is 3.21. The maximum Gasteiger partial charge on any atom is 0.308 e. The lowest BCUT2D eigenvalue weighted by molar-refractivity contribution is -0.146. The number of aromatic nitrogens is 2. The number of halogens is 2. The zero-order valence-corrected chi connectivity index (χ0v) is 19.5. The van der Waals surface area contributed by atoms with Gasteiger partial charge in [0, 0.05) is 43.7 Å². The summed E-state index contributed by atoms with van der Waals surface area (Å²) in [7, 11) is 3.18. The largest absolute Gasteiger partial charge is 0.469 e. The van der Waals surface area contributed by atoms with Gasteiger partial charge < -0.3 is 19.5 Å². The van der Waals surface area contributed by atoms with Crippen LogP contribution < -0.4 is 5.32 Å². The standard InChI is InChI=1S/C19H24ClN5O3.HI/c1-21-19(25-10-7-13(8-11-25)18(26)27-2)22-9-6-16-23-17(24-28-16)14-4-3-5-15(20)12-14;/h3-5,12-13H,6-11H2,1-2H3,(H,21,22);1H. The Labute approximate surface area is 192 Å². The maximum absolute atomic E-state index is 11.6. The molecule has 3 rings (SSSR count). The van der Waals surface area contributed by atoms with E-state index in [2.05, 4.69) is 25.3 Å². The van der Waals surface area contributed by atoms with Crippen LogP contribution in [-0.4, -0.2) is 60.8 Å². The number of rotatable bonds is 5. The predicted molar refractivity (Wildman–Crippen MR) is 122 cm³/mol. The van der Waals surface area contributed by atoms with E-state index in [0.29, 0.717) is 29.7 Å². The van der Waals surface area contributed by atoms with Crippen LogP contribution in [0.1, 0.15) is 18.7 Å². The first-order chi connectivity index (χ1) is 13.6. The third-order valence-electron chi connectivity index (χ3n) is 4.71. The normalized spacial score (nSPS) is 15.0. The molecule has 0 amide bonds. The van der Waals surface area contributed by atoms with E-state index in [0.717, 1.165) is 37.5 Å². The summed E-state index contributed by atoms with van der Waals surface area (Å²) >= 11 is 6.00. The van der Waals surface area contributed by atoms with Gasteiger partial charge in [0.2, 0.25) is 11.7 Å². The average molecular weight is 534 g/mol. The Morgan fingerprint density at radius 2 is 2.17 bits per heavy atom. The molecule has 1 saturated heterocycles. The van der Waals surface area contributed by atoms with Gasteiger partial charge in [-0.3, -0.25) is 9.79 Å². The van der Waals surface area contributed by atoms with Gasteiger partial charge in [0.1, 0.15) is 0 Å². The molecule has 10 heteroatoms. The van der Waals surface area contributed by atoms with Crippen LogP contribution in [0, 0.1) is 5.92 Å². The average Bonchev–Trinajstić information content (AvgIpc) is 3.20. The molecule has 1 N–H and O–H groups in total. The van der Waals surface area contributed by atoms with Crippen molar-refractivity contribution in [3.05, 3.63) is 35.2 Å². The highest BCUT2D eigenvalue weighted by molar-refractivity contribution is 14.0. The number of hydrogen-bond donors (Lipinski definition) is 1. The monoisotopic (exact) mass is 533 g/mol. The van der Waals surface area contributed by atoms with Crippen molar-refractivity contribution in [2.24, 2.45) is 10.9 Å². The first-order valence-corrected chi connectivity index (χ1v) is 9.60. The highest BCUT2D eigenvalue weighted by Crippen LogP contribution is 2.20. The quantitative estimate of drug-likeness (QED) is 0.273. The summed E-state index contributed by atoms with van der Waals surface area (Å²) in [4.78, 5) is 22.5. The third kappa shape index (κ3) is 6.30. The molecule has 29 heavy (non-hydrogen) atoms. The number of nitrogens with zero attached hydrogens (tertiary/aromatic N) is 4. The molecular formula is C19H25ClIN5O3. The molecule has 0 bridgehead atoms. The molecule has 1 aliphatic heterocycles. The molecule has 1 aromatic carbocycles. The predicted octanol–water partition coefficient (Wildman–Crippen LogP) is 3.01. The van der Waals surface area contributed by atoms with Crippen LogP contribution in [0.3, 0.4) is 0 Å². The molecule has 0 atom stereocenters. The van der Waals surface area contributed by atoms with Gasteiger partial charge in [-0.15, -0.1) is 24.0 Å². The van der Waals surface area contributed by atoms with E-state index in [1.807, 2.05) is 12.1 Å². The number of likely N-dealkylation sites (tertiary alicyclic amines) is 1. The van der Waals surface area contributed by atoms with Gasteiger partial charge in [-0.1, -0.05) is 28.9 Å². The molecule has 1 aromatic heterocycles. The summed E-state index contributed by atoms with van der Waals surface area (Å²) in [5.74, 6) is 1.71. The molecule has 8 nitrogen and oxygen atoms in total. The smallest absolute Gasteiger partial charge is 0.308 e. The molecule has 0 unspecified atom stereocenters. The van der Waals surface area contributed by atoms with Crippen molar-refractivity contribution in [3.63, 3.8) is 0 Å². The molecule has 2 aromatic rings. The van der Waals surface area contributed by atoms with Crippen molar-refractivity contribution in [1.82, 2.24) is 20.4 Å². The number of hydrogen-bond acceptors (Lipinski definition) is 6.